The summed E-state index contributed by atoms with van der Waals surface area (Å²) in [6.45, 7) is 1.92. The zero-order valence-corrected chi connectivity index (χ0v) is 14.9. The Morgan fingerprint density at radius 1 is 1.35 bits per heavy atom. The molecule has 4 rings (SSSR count). The summed E-state index contributed by atoms with van der Waals surface area (Å²) < 4.78 is 15.5. The van der Waals surface area contributed by atoms with Crippen molar-refractivity contribution in [1.82, 2.24) is 24.4 Å². The number of piperidine rings is 1. The van der Waals surface area contributed by atoms with Gasteiger partial charge in [0.25, 0.3) is 5.91 Å². The van der Waals surface area contributed by atoms with Gasteiger partial charge in [-0.2, -0.15) is 0 Å². The SMILES string of the molecule is O=C(c1cncc(F)c1)N1CCC[C@H](c2nccn2Cc2cscn2)C1. The second kappa shape index (κ2) is 7.33. The average Bonchev–Trinajstić information content (AvgIpc) is 3.34. The normalized spacial score (nSPS) is 17.4. The molecule has 3 aromatic heterocycles. The molecule has 8 heteroatoms. The van der Waals surface area contributed by atoms with Gasteiger partial charge in [0.15, 0.2) is 0 Å². The van der Waals surface area contributed by atoms with E-state index in [1.807, 2.05) is 17.1 Å². The summed E-state index contributed by atoms with van der Waals surface area (Å²) in [5.74, 6) is 0.443. The molecule has 1 aliphatic heterocycles. The Morgan fingerprint density at radius 2 is 2.27 bits per heavy atom. The van der Waals surface area contributed by atoms with E-state index >= 15 is 0 Å². The second-order valence-corrected chi connectivity index (χ2v) is 7.09. The summed E-state index contributed by atoms with van der Waals surface area (Å²) in [5.41, 5.74) is 3.11. The molecule has 1 amide bonds. The minimum atomic E-state index is -0.497. The highest BCUT2D eigenvalue weighted by atomic mass is 32.1. The largest absolute Gasteiger partial charge is 0.338 e. The van der Waals surface area contributed by atoms with Crippen molar-refractivity contribution in [2.75, 3.05) is 13.1 Å². The van der Waals surface area contributed by atoms with E-state index in [9.17, 15) is 9.18 Å². The van der Waals surface area contributed by atoms with Crippen LogP contribution in [0.5, 0.6) is 0 Å². The molecule has 0 aliphatic carbocycles. The van der Waals surface area contributed by atoms with E-state index in [1.165, 1.54) is 12.3 Å². The van der Waals surface area contributed by atoms with Gasteiger partial charge < -0.3 is 9.47 Å². The van der Waals surface area contributed by atoms with Gasteiger partial charge in [-0.05, 0) is 18.9 Å². The molecule has 134 valence electrons. The van der Waals surface area contributed by atoms with Gasteiger partial charge in [-0.25, -0.2) is 14.4 Å². The Morgan fingerprint density at radius 3 is 3.08 bits per heavy atom. The number of carbonyl (C=O) groups is 1. The van der Waals surface area contributed by atoms with Gasteiger partial charge >= 0.3 is 0 Å². The van der Waals surface area contributed by atoms with Crippen LogP contribution in [0.15, 0.2) is 41.7 Å². The molecule has 0 aromatic carbocycles. The Hall–Kier alpha value is -2.61. The van der Waals surface area contributed by atoms with Crippen LogP contribution in [0, 0.1) is 5.82 Å². The zero-order valence-electron chi connectivity index (χ0n) is 14.1. The minimum Gasteiger partial charge on any atom is -0.338 e. The first kappa shape index (κ1) is 16.8. The summed E-state index contributed by atoms with van der Waals surface area (Å²) in [7, 11) is 0. The van der Waals surface area contributed by atoms with E-state index in [1.54, 1.807) is 22.4 Å². The maximum Gasteiger partial charge on any atom is 0.255 e. The molecule has 0 radical (unpaired) electrons. The molecule has 1 aliphatic rings. The lowest BCUT2D eigenvalue weighted by Gasteiger charge is -2.32. The lowest BCUT2D eigenvalue weighted by atomic mass is 9.96. The topological polar surface area (TPSA) is 63.9 Å². The van der Waals surface area contributed by atoms with Gasteiger partial charge in [0.1, 0.15) is 11.6 Å². The van der Waals surface area contributed by atoms with Crippen LogP contribution in [-0.2, 0) is 6.54 Å². The monoisotopic (exact) mass is 371 g/mol. The number of halogens is 1. The van der Waals surface area contributed by atoms with Crippen molar-refractivity contribution in [1.29, 1.82) is 0 Å². The predicted molar refractivity (Wildman–Crippen MR) is 95.5 cm³/mol. The third-order valence-electron chi connectivity index (χ3n) is 4.59. The number of thiazole rings is 1. The quantitative estimate of drug-likeness (QED) is 0.707. The molecule has 0 unspecified atom stereocenters. The molecular weight excluding hydrogens is 353 g/mol. The molecule has 4 heterocycles. The van der Waals surface area contributed by atoms with Gasteiger partial charge in [-0.1, -0.05) is 0 Å². The molecule has 26 heavy (non-hydrogen) atoms. The fraction of sp³-hybridized carbons (Fsp3) is 0.333. The average molecular weight is 371 g/mol. The first-order chi connectivity index (χ1) is 12.7. The fourth-order valence-corrected chi connectivity index (χ4v) is 3.94. The van der Waals surface area contributed by atoms with Crippen molar-refractivity contribution in [3.8, 4) is 0 Å². The van der Waals surface area contributed by atoms with Crippen molar-refractivity contribution in [3.63, 3.8) is 0 Å². The number of likely N-dealkylation sites (tertiary alicyclic amines) is 1. The van der Waals surface area contributed by atoms with Crippen LogP contribution in [0.2, 0.25) is 0 Å². The highest BCUT2D eigenvalue weighted by molar-refractivity contribution is 7.07. The van der Waals surface area contributed by atoms with E-state index in [0.29, 0.717) is 19.6 Å². The Balaban J connectivity index is 1.51. The smallest absolute Gasteiger partial charge is 0.255 e. The van der Waals surface area contributed by atoms with E-state index in [0.717, 1.165) is 30.6 Å². The number of rotatable bonds is 4. The zero-order chi connectivity index (χ0) is 17.9. The van der Waals surface area contributed by atoms with Gasteiger partial charge in [0.2, 0.25) is 0 Å². The molecule has 1 saturated heterocycles. The van der Waals surface area contributed by atoms with Gasteiger partial charge in [-0.15, -0.1) is 11.3 Å². The Bertz CT molecular complexity index is 895. The summed E-state index contributed by atoms with van der Waals surface area (Å²) in [5, 5.41) is 2.03. The Kier molecular flexibility index (Phi) is 4.75. The van der Waals surface area contributed by atoms with Gasteiger partial charge in [0.05, 0.1) is 29.5 Å². The number of hydrogen-bond acceptors (Lipinski definition) is 5. The van der Waals surface area contributed by atoms with E-state index < -0.39 is 5.82 Å². The maximum absolute atomic E-state index is 13.4. The van der Waals surface area contributed by atoms with Crippen LogP contribution in [0.25, 0.3) is 0 Å². The molecule has 1 fully saturated rings. The fourth-order valence-electron chi connectivity index (χ4n) is 3.39. The van der Waals surface area contributed by atoms with Crippen molar-refractivity contribution in [2.24, 2.45) is 0 Å². The van der Waals surface area contributed by atoms with Crippen molar-refractivity contribution in [3.05, 3.63) is 64.6 Å². The first-order valence-electron chi connectivity index (χ1n) is 8.48. The third-order valence-corrected chi connectivity index (χ3v) is 5.22. The number of nitrogens with zero attached hydrogens (tertiary/aromatic N) is 5. The number of amides is 1. The standard InChI is InChI=1S/C18H18FN5OS/c19-15-6-14(7-20-8-15)18(25)24-4-1-2-13(9-24)17-21-3-5-23(17)10-16-11-26-12-22-16/h3,5-8,11-13H,1-2,4,9-10H2/t13-/m0/s1. The highest BCUT2D eigenvalue weighted by Crippen LogP contribution is 2.27. The number of imidazole rings is 1. The second-order valence-electron chi connectivity index (χ2n) is 6.38. The highest BCUT2D eigenvalue weighted by Gasteiger charge is 2.28. The summed E-state index contributed by atoms with van der Waals surface area (Å²) >= 11 is 1.57. The molecule has 0 spiro atoms. The summed E-state index contributed by atoms with van der Waals surface area (Å²) in [4.78, 5) is 27.1. The van der Waals surface area contributed by atoms with Crippen LogP contribution >= 0.6 is 11.3 Å². The number of pyridine rings is 1. The van der Waals surface area contributed by atoms with Crippen LogP contribution in [0.3, 0.4) is 0 Å². The number of aromatic nitrogens is 4. The predicted octanol–water partition coefficient (Wildman–Crippen LogP) is 2.94. The molecule has 0 saturated carbocycles. The molecule has 0 bridgehead atoms. The summed E-state index contributed by atoms with van der Waals surface area (Å²) in [6, 6.07) is 1.24. The Labute approximate surface area is 154 Å². The molecule has 1 atom stereocenters. The van der Waals surface area contributed by atoms with Crippen molar-refractivity contribution in [2.45, 2.75) is 25.3 Å². The lowest BCUT2D eigenvalue weighted by Crippen LogP contribution is -2.39. The lowest BCUT2D eigenvalue weighted by molar-refractivity contribution is 0.0702. The van der Waals surface area contributed by atoms with Gasteiger partial charge in [0, 0.05) is 43.0 Å². The molecule has 3 aromatic rings. The number of carbonyl (C=O) groups excluding carboxylic acids is 1. The van der Waals surface area contributed by atoms with Crippen molar-refractivity contribution < 1.29 is 9.18 Å². The van der Waals surface area contributed by atoms with Crippen LogP contribution in [0.1, 0.15) is 40.6 Å². The van der Waals surface area contributed by atoms with Crippen LogP contribution in [0.4, 0.5) is 4.39 Å². The van der Waals surface area contributed by atoms with Crippen LogP contribution < -0.4 is 0 Å². The van der Waals surface area contributed by atoms with E-state index in [2.05, 4.69) is 19.5 Å². The minimum absolute atomic E-state index is 0.155. The molecular formula is C18H18FN5OS. The summed E-state index contributed by atoms with van der Waals surface area (Å²) in [6.07, 6.45) is 8.12. The van der Waals surface area contributed by atoms with Crippen molar-refractivity contribution >= 4 is 17.2 Å². The third kappa shape index (κ3) is 3.50. The molecule has 0 N–H and O–H groups in total. The number of hydrogen-bond donors (Lipinski definition) is 0. The van der Waals surface area contributed by atoms with E-state index in [-0.39, 0.29) is 17.4 Å². The van der Waals surface area contributed by atoms with Crippen LogP contribution in [-0.4, -0.2) is 43.4 Å². The first-order valence-corrected chi connectivity index (χ1v) is 9.43. The maximum atomic E-state index is 13.4. The van der Waals surface area contributed by atoms with Gasteiger partial charge in [-0.3, -0.25) is 9.78 Å². The van der Waals surface area contributed by atoms with E-state index in [4.69, 9.17) is 0 Å². The molecule has 6 nitrogen and oxygen atoms in total.